The number of nitriles is 1. The number of hydrogen-bond donors (Lipinski definition) is 2. The summed E-state index contributed by atoms with van der Waals surface area (Å²) in [6.07, 6.45) is -0.819. The van der Waals surface area contributed by atoms with Crippen LogP contribution in [0.25, 0.3) is 0 Å². The maximum Gasteiger partial charge on any atom is 0.407 e. The van der Waals surface area contributed by atoms with Crippen LogP contribution in [0.5, 0.6) is 0 Å². The molecule has 0 radical (unpaired) electrons. The lowest BCUT2D eigenvalue weighted by Gasteiger charge is -2.20. The highest BCUT2D eigenvalue weighted by molar-refractivity contribution is 7.92. The first kappa shape index (κ1) is 19.2. The first-order valence-corrected chi connectivity index (χ1v) is 10.6. The van der Waals surface area contributed by atoms with Crippen LogP contribution in [0.15, 0.2) is 29.2 Å². The molecule has 1 aromatic rings. The number of hydrogen-bond acceptors (Lipinski definition) is 7. The van der Waals surface area contributed by atoms with Crippen molar-refractivity contribution < 1.29 is 26.4 Å². The van der Waals surface area contributed by atoms with Crippen molar-refractivity contribution in [3.63, 3.8) is 0 Å². The van der Waals surface area contributed by atoms with E-state index < -0.39 is 49.5 Å². The van der Waals surface area contributed by atoms with E-state index in [1.165, 1.54) is 24.3 Å². The number of rotatable bonds is 5. The molecule has 2 rings (SSSR count). The van der Waals surface area contributed by atoms with Crippen LogP contribution >= 0.6 is 0 Å². The summed E-state index contributed by atoms with van der Waals surface area (Å²) in [5.41, 5.74) is 0.156. The third kappa shape index (κ3) is 4.91. The molecule has 0 saturated carbocycles. The second kappa shape index (κ2) is 7.38. The van der Waals surface area contributed by atoms with Crippen molar-refractivity contribution >= 4 is 26.0 Å². The van der Waals surface area contributed by atoms with Gasteiger partial charge in [0.25, 0.3) is 0 Å². The fraction of sp³-hybridized carbons (Fsp3) is 0.429. The monoisotopic (exact) mass is 387 g/mol. The van der Waals surface area contributed by atoms with Crippen LogP contribution in [-0.4, -0.2) is 53.1 Å². The van der Waals surface area contributed by atoms with Crippen molar-refractivity contribution in [1.82, 2.24) is 10.0 Å². The largest absolute Gasteiger partial charge is 0.450 e. The molecule has 0 spiro atoms. The average molecular weight is 387 g/mol. The number of benzene rings is 1. The SMILES string of the molecule is CCOC(=O)N[C@@H]1CS(=O)(=O)C[C@@H]1NS(=O)(=O)c1cccc(C#N)c1. The molecule has 11 heteroatoms. The van der Waals surface area contributed by atoms with E-state index in [2.05, 4.69) is 10.0 Å². The quantitative estimate of drug-likeness (QED) is 0.709. The molecule has 1 aliphatic heterocycles. The number of nitrogens with zero attached hydrogens (tertiary/aromatic N) is 1. The second-order valence-corrected chi connectivity index (χ2v) is 9.28. The average Bonchev–Trinajstić information content (AvgIpc) is 2.80. The zero-order valence-corrected chi connectivity index (χ0v) is 14.9. The Balaban J connectivity index is 2.22. The van der Waals surface area contributed by atoms with E-state index in [-0.39, 0.29) is 17.1 Å². The Hall–Kier alpha value is -2.16. The molecule has 0 bridgehead atoms. The predicted octanol–water partition coefficient (Wildman–Crippen LogP) is -0.252. The Morgan fingerprint density at radius 1 is 1.36 bits per heavy atom. The van der Waals surface area contributed by atoms with Crippen molar-refractivity contribution in [3.8, 4) is 6.07 Å². The Morgan fingerprint density at radius 3 is 2.68 bits per heavy atom. The fourth-order valence-electron chi connectivity index (χ4n) is 2.43. The second-order valence-electron chi connectivity index (χ2n) is 5.42. The van der Waals surface area contributed by atoms with Gasteiger partial charge in [0.05, 0.1) is 46.7 Å². The van der Waals surface area contributed by atoms with Crippen LogP contribution < -0.4 is 10.0 Å². The molecule has 1 aromatic carbocycles. The maximum atomic E-state index is 12.5. The lowest BCUT2D eigenvalue weighted by Crippen LogP contribution is -2.50. The Labute approximate surface area is 145 Å². The van der Waals surface area contributed by atoms with Gasteiger partial charge < -0.3 is 10.1 Å². The smallest absolute Gasteiger partial charge is 0.407 e. The molecular formula is C14H17N3O6S2. The van der Waals surface area contributed by atoms with Crippen LogP contribution in [0.3, 0.4) is 0 Å². The van der Waals surface area contributed by atoms with Gasteiger partial charge in [-0.15, -0.1) is 0 Å². The van der Waals surface area contributed by atoms with Gasteiger partial charge in [0.15, 0.2) is 9.84 Å². The molecule has 2 N–H and O–H groups in total. The predicted molar refractivity (Wildman–Crippen MR) is 87.9 cm³/mol. The molecule has 0 aliphatic carbocycles. The summed E-state index contributed by atoms with van der Waals surface area (Å²) in [5.74, 6) is -0.835. The van der Waals surface area contributed by atoms with E-state index in [4.69, 9.17) is 10.00 Å². The summed E-state index contributed by atoms with van der Waals surface area (Å²) in [5, 5.41) is 11.2. The highest BCUT2D eigenvalue weighted by Crippen LogP contribution is 2.17. The third-order valence-corrected chi connectivity index (χ3v) is 6.73. The molecule has 0 unspecified atom stereocenters. The van der Waals surface area contributed by atoms with Crippen molar-refractivity contribution in [2.24, 2.45) is 0 Å². The van der Waals surface area contributed by atoms with Crippen molar-refractivity contribution in [2.45, 2.75) is 23.9 Å². The van der Waals surface area contributed by atoms with Gasteiger partial charge in [-0.3, -0.25) is 0 Å². The Morgan fingerprint density at radius 2 is 2.04 bits per heavy atom. The van der Waals surface area contributed by atoms with Gasteiger partial charge in [-0.2, -0.15) is 5.26 Å². The minimum atomic E-state index is -4.07. The van der Waals surface area contributed by atoms with E-state index in [1.54, 1.807) is 6.92 Å². The molecule has 1 aliphatic rings. The van der Waals surface area contributed by atoms with Crippen LogP contribution in [0.2, 0.25) is 0 Å². The van der Waals surface area contributed by atoms with Crippen molar-refractivity contribution in [1.29, 1.82) is 5.26 Å². The summed E-state index contributed by atoms with van der Waals surface area (Å²) in [4.78, 5) is 11.4. The van der Waals surface area contributed by atoms with E-state index >= 15 is 0 Å². The molecule has 136 valence electrons. The number of sulfonamides is 1. The summed E-state index contributed by atoms with van der Waals surface area (Å²) in [6, 6.07) is 5.18. The Bertz CT molecular complexity index is 905. The molecule has 0 aromatic heterocycles. The van der Waals surface area contributed by atoms with E-state index in [0.717, 1.165) is 0 Å². The fourth-order valence-corrected chi connectivity index (χ4v) is 5.72. The Kier molecular flexibility index (Phi) is 5.66. The zero-order chi connectivity index (χ0) is 18.7. The summed E-state index contributed by atoms with van der Waals surface area (Å²) >= 11 is 0. The highest BCUT2D eigenvalue weighted by Gasteiger charge is 2.41. The zero-order valence-electron chi connectivity index (χ0n) is 13.3. The molecule has 1 saturated heterocycles. The van der Waals surface area contributed by atoms with Crippen LogP contribution in [0.1, 0.15) is 12.5 Å². The summed E-state index contributed by atoms with van der Waals surface area (Å²) in [7, 11) is -7.59. The van der Waals surface area contributed by atoms with Gasteiger partial charge in [0.2, 0.25) is 10.0 Å². The number of carbonyl (C=O) groups is 1. The number of carbonyl (C=O) groups excluding carboxylic acids is 1. The summed E-state index contributed by atoms with van der Waals surface area (Å²) < 4.78 is 55.6. The van der Waals surface area contributed by atoms with Gasteiger partial charge in [-0.05, 0) is 25.1 Å². The first-order valence-electron chi connectivity index (χ1n) is 7.33. The van der Waals surface area contributed by atoms with E-state index in [9.17, 15) is 21.6 Å². The third-order valence-electron chi connectivity index (χ3n) is 3.51. The number of ether oxygens (including phenoxy) is 1. The number of alkyl carbamates (subject to hydrolysis) is 1. The van der Waals surface area contributed by atoms with Crippen LogP contribution in [0.4, 0.5) is 4.79 Å². The molecule has 1 fully saturated rings. The summed E-state index contributed by atoms with van der Waals surface area (Å²) in [6.45, 7) is 1.69. The number of amides is 1. The maximum absolute atomic E-state index is 12.5. The standard InChI is InChI=1S/C14H17N3O6S2/c1-2-23-14(18)16-12-8-24(19,20)9-13(12)17-25(21,22)11-5-3-4-10(6-11)7-15/h3-6,12-13,17H,2,8-9H2,1H3,(H,16,18)/t12-,13+/m1/s1. The first-order chi connectivity index (χ1) is 11.7. The van der Waals surface area contributed by atoms with Crippen LogP contribution in [-0.2, 0) is 24.6 Å². The number of nitrogens with one attached hydrogen (secondary N) is 2. The van der Waals surface area contributed by atoms with Crippen molar-refractivity contribution in [2.75, 3.05) is 18.1 Å². The molecule has 2 atom stereocenters. The number of sulfone groups is 1. The van der Waals surface area contributed by atoms with Gasteiger partial charge in [-0.1, -0.05) is 6.07 Å². The van der Waals surface area contributed by atoms with Gasteiger partial charge in [0, 0.05) is 0 Å². The molecule has 25 heavy (non-hydrogen) atoms. The van der Waals surface area contributed by atoms with E-state index in [1.807, 2.05) is 6.07 Å². The molecular weight excluding hydrogens is 370 g/mol. The van der Waals surface area contributed by atoms with Crippen molar-refractivity contribution in [3.05, 3.63) is 29.8 Å². The lowest BCUT2D eigenvalue weighted by atomic mass is 10.2. The highest BCUT2D eigenvalue weighted by atomic mass is 32.2. The molecule has 1 heterocycles. The topological polar surface area (TPSA) is 142 Å². The minimum absolute atomic E-state index is 0.0999. The normalized spacial score (nSPS) is 22.1. The molecule has 9 nitrogen and oxygen atoms in total. The van der Waals surface area contributed by atoms with Crippen LogP contribution in [0, 0.1) is 11.3 Å². The molecule has 1 amide bonds. The van der Waals surface area contributed by atoms with Gasteiger partial charge in [0.1, 0.15) is 0 Å². The van der Waals surface area contributed by atoms with E-state index in [0.29, 0.717) is 0 Å². The lowest BCUT2D eigenvalue weighted by molar-refractivity contribution is 0.148. The minimum Gasteiger partial charge on any atom is -0.450 e. The van der Waals surface area contributed by atoms with Gasteiger partial charge in [-0.25, -0.2) is 26.4 Å². The van der Waals surface area contributed by atoms with Gasteiger partial charge >= 0.3 is 6.09 Å².